The van der Waals surface area contributed by atoms with E-state index in [0.29, 0.717) is 23.1 Å². The van der Waals surface area contributed by atoms with Crippen molar-refractivity contribution in [1.29, 1.82) is 0 Å². The van der Waals surface area contributed by atoms with Gasteiger partial charge in [0.05, 0.1) is 0 Å². The molecule has 0 fully saturated rings. The molecule has 3 rings (SSSR count). The fraction of sp³-hybridized carbons (Fsp3) is 0.100. The van der Waals surface area contributed by atoms with Crippen LogP contribution in [0.5, 0.6) is 5.75 Å². The average molecular weight is 350 g/mol. The fourth-order valence-electron chi connectivity index (χ4n) is 2.27. The number of nitrogens with zero attached hydrogens (tertiary/aromatic N) is 1. The van der Waals surface area contributed by atoms with Gasteiger partial charge >= 0.3 is 0 Å². The van der Waals surface area contributed by atoms with Crippen molar-refractivity contribution in [3.05, 3.63) is 89.5 Å². The lowest BCUT2D eigenvalue weighted by atomic mass is 10.1. The molecule has 1 aromatic heterocycles. The maximum absolute atomic E-state index is 12.3. The second-order valence-corrected chi connectivity index (χ2v) is 6.49. The molecule has 0 radical (unpaired) electrons. The van der Waals surface area contributed by atoms with Crippen molar-refractivity contribution in [3.8, 4) is 5.75 Å². The molecule has 25 heavy (non-hydrogen) atoms. The number of ether oxygens (including phenoxy) is 1. The van der Waals surface area contributed by atoms with Gasteiger partial charge in [0, 0.05) is 23.1 Å². The summed E-state index contributed by atoms with van der Waals surface area (Å²) < 4.78 is 5.41. The van der Waals surface area contributed by atoms with Gasteiger partial charge in [0.2, 0.25) is 0 Å². The van der Waals surface area contributed by atoms with Crippen molar-refractivity contribution in [3.63, 3.8) is 0 Å². The van der Waals surface area contributed by atoms with Crippen LogP contribution in [0.4, 0.5) is 5.13 Å². The van der Waals surface area contributed by atoms with Crippen LogP contribution < -0.4 is 10.1 Å². The van der Waals surface area contributed by atoms with E-state index in [1.54, 1.807) is 36.5 Å². The summed E-state index contributed by atoms with van der Waals surface area (Å²) >= 11 is 1.49. The van der Waals surface area contributed by atoms with Crippen LogP contribution in [-0.4, -0.2) is 17.5 Å². The van der Waals surface area contributed by atoms with Crippen molar-refractivity contribution in [2.45, 2.75) is 6.42 Å². The number of aromatic nitrogens is 1. The summed E-state index contributed by atoms with van der Waals surface area (Å²) in [5.74, 6) is 0.520. The molecule has 5 heteroatoms. The van der Waals surface area contributed by atoms with Crippen LogP contribution in [0.25, 0.3) is 0 Å². The molecule has 1 amide bonds. The summed E-state index contributed by atoms with van der Waals surface area (Å²) in [5, 5.41) is 3.44. The van der Waals surface area contributed by atoms with Crippen LogP contribution in [0, 0.1) is 0 Å². The van der Waals surface area contributed by atoms with Gasteiger partial charge in [-0.25, -0.2) is 4.98 Å². The Labute approximate surface area is 150 Å². The maximum Gasteiger partial charge on any atom is 0.257 e. The number of carbonyl (C=O) groups excluding carboxylic acids is 1. The van der Waals surface area contributed by atoms with E-state index < -0.39 is 0 Å². The van der Waals surface area contributed by atoms with Crippen molar-refractivity contribution in [1.82, 2.24) is 4.98 Å². The van der Waals surface area contributed by atoms with Gasteiger partial charge < -0.3 is 4.74 Å². The van der Waals surface area contributed by atoms with Crippen LogP contribution in [0.2, 0.25) is 0 Å². The van der Waals surface area contributed by atoms with E-state index in [2.05, 4.69) is 29.0 Å². The highest BCUT2D eigenvalue weighted by molar-refractivity contribution is 7.15. The standard InChI is InChI=1S/C20H18N2O2S/c1-2-12-24-17-10-8-16(9-11-17)19(23)22-20-21-14-18(25-20)13-15-6-4-3-5-7-15/h2-11,14H,1,12-13H2,(H,21,22,23). The Kier molecular flexibility index (Phi) is 5.59. The lowest BCUT2D eigenvalue weighted by molar-refractivity contribution is 0.102. The summed E-state index contributed by atoms with van der Waals surface area (Å²) in [5.41, 5.74) is 1.78. The molecule has 0 saturated heterocycles. The van der Waals surface area contributed by atoms with Gasteiger partial charge in [0.25, 0.3) is 5.91 Å². The molecular weight excluding hydrogens is 332 g/mol. The number of thiazole rings is 1. The van der Waals surface area contributed by atoms with Crippen LogP contribution >= 0.6 is 11.3 Å². The summed E-state index contributed by atoms with van der Waals surface area (Å²) in [6.45, 7) is 4.04. The van der Waals surface area contributed by atoms with Gasteiger partial charge in [-0.05, 0) is 29.8 Å². The highest BCUT2D eigenvalue weighted by Gasteiger charge is 2.09. The van der Waals surface area contributed by atoms with Crippen LogP contribution in [-0.2, 0) is 6.42 Å². The monoisotopic (exact) mass is 350 g/mol. The molecule has 0 aliphatic rings. The van der Waals surface area contributed by atoms with Gasteiger partial charge in [-0.15, -0.1) is 11.3 Å². The second-order valence-electron chi connectivity index (χ2n) is 5.37. The zero-order valence-electron chi connectivity index (χ0n) is 13.6. The minimum absolute atomic E-state index is 0.184. The van der Waals surface area contributed by atoms with E-state index in [-0.39, 0.29) is 5.91 Å². The van der Waals surface area contributed by atoms with Crippen molar-refractivity contribution < 1.29 is 9.53 Å². The van der Waals surface area contributed by atoms with Gasteiger partial charge in [0.1, 0.15) is 12.4 Å². The van der Waals surface area contributed by atoms with E-state index >= 15 is 0 Å². The first-order valence-electron chi connectivity index (χ1n) is 7.88. The summed E-state index contributed by atoms with van der Waals surface area (Å²) in [6.07, 6.45) is 4.29. The highest BCUT2D eigenvalue weighted by atomic mass is 32.1. The molecule has 0 saturated carbocycles. The number of hydrogen-bond donors (Lipinski definition) is 1. The first kappa shape index (κ1) is 16.9. The third-order valence-corrected chi connectivity index (χ3v) is 4.39. The molecule has 1 N–H and O–H groups in total. The Morgan fingerprint density at radius 2 is 1.92 bits per heavy atom. The number of nitrogens with one attached hydrogen (secondary N) is 1. The third-order valence-electron chi connectivity index (χ3n) is 3.48. The molecule has 0 unspecified atom stereocenters. The topological polar surface area (TPSA) is 51.2 Å². The van der Waals surface area contributed by atoms with Crippen LogP contribution in [0.15, 0.2) is 73.4 Å². The van der Waals surface area contributed by atoms with Crippen molar-refractivity contribution >= 4 is 22.4 Å². The lowest BCUT2D eigenvalue weighted by Crippen LogP contribution is -2.11. The predicted molar refractivity (Wildman–Crippen MR) is 101 cm³/mol. The number of rotatable bonds is 7. The number of carbonyl (C=O) groups is 1. The predicted octanol–water partition coefficient (Wildman–Crippen LogP) is 4.55. The smallest absolute Gasteiger partial charge is 0.257 e. The second kappa shape index (κ2) is 8.26. The number of amides is 1. The largest absolute Gasteiger partial charge is 0.490 e. The molecule has 0 aliphatic carbocycles. The Morgan fingerprint density at radius 1 is 1.16 bits per heavy atom. The van der Waals surface area contributed by atoms with E-state index in [4.69, 9.17) is 4.74 Å². The molecule has 0 bridgehead atoms. The minimum Gasteiger partial charge on any atom is -0.490 e. The molecule has 0 spiro atoms. The normalized spacial score (nSPS) is 10.2. The average Bonchev–Trinajstić information content (AvgIpc) is 3.08. The molecule has 4 nitrogen and oxygen atoms in total. The quantitative estimate of drug-likeness (QED) is 0.636. The van der Waals surface area contributed by atoms with Gasteiger partial charge in [-0.1, -0.05) is 43.0 Å². The summed E-state index contributed by atoms with van der Waals surface area (Å²) in [4.78, 5) is 17.7. The number of benzene rings is 2. The molecule has 126 valence electrons. The first-order chi connectivity index (χ1) is 12.2. The zero-order chi connectivity index (χ0) is 17.5. The molecular formula is C20H18N2O2S. The van der Waals surface area contributed by atoms with Gasteiger partial charge in [0.15, 0.2) is 5.13 Å². The molecule has 2 aromatic carbocycles. The third kappa shape index (κ3) is 4.78. The zero-order valence-corrected chi connectivity index (χ0v) is 14.5. The minimum atomic E-state index is -0.184. The van der Waals surface area contributed by atoms with E-state index in [1.807, 2.05) is 18.2 Å². The molecule has 0 atom stereocenters. The summed E-state index contributed by atoms with van der Waals surface area (Å²) in [6, 6.07) is 17.2. The Hall–Kier alpha value is -2.92. The van der Waals surface area contributed by atoms with Crippen molar-refractivity contribution in [2.75, 3.05) is 11.9 Å². The Bertz CT molecular complexity index is 842. The first-order valence-corrected chi connectivity index (χ1v) is 8.70. The molecule has 1 heterocycles. The summed E-state index contributed by atoms with van der Waals surface area (Å²) in [7, 11) is 0. The highest BCUT2D eigenvalue weighted by Crippen LogP contribution is 2.22. The maximum atomic E-state index is 12.3. The fourth-order valence-corrected chi connectivity index (χ4v) is 3.11. The number of hydrogen-bond acceptors (Lipinski definition) is 4. The molecule has 3 aromatic rings. The van der Waals surface area contributed by atoms with Crippen molar-refractivity contribution in [2.24, 2.45) is 0 Å². The van der Waals surface area contributed by atoms with E-state index in [1.165, 1.54) is 16.9 Å². The Morgan fingerprint density at radius 3 is 2.64 bits per heavy atom. The Balaban J connectivity index is 1.60. The van der Waals surface area contributed by atoms with Crippen LogP contribution in [0.1, 0.15) is 20.8 Å². The van der Waals surface area contributed by atoms with Crippen LogP contribution in [0.3, 0.4) is 0 Å². The number of anilines is 1. The van der Waals surface area contributed by atoms with E-state index in [9.17, 15) is 4.79 Å². The lowest BCUT2D eigenvalue weighted by Gasteiger charge is -2.05. The SMILES string of the molecule is C=CCOc1ccc(C(=O)Nc2ncc(Cc3ccccc3)s2)cc1. The van der Waals surface area contributed by atoms with Gasteiger partial charge in [-0.3, -0.25) is 10.1 Å². The van der Waals surface area contributed by atoms with Gasteiger partial charge in [-0.2, -0.15) is 0 Å². The van der Waals surface area contributed by atoms with E-state index in [0.717, 1.165) is 11.3 Å². The molecule has 0 aliphatic heterocycles.